The quantitative estimate of drug-likeness (QED) is 0.587. The maximum Gasteiger partial charge on any atom is 0.256 e. The topological polar surface area (TPSA) is 52.7 Å². The molecule has 0 saturated carbocycles. The van der Waals surface area contributed by atoms with Gasteiger partial charge >= 0.3 is 0 Å². The van der Waals surface area contributed by atoms with E-state index < -0.39 is 6.04 Å². The van der Waals surface area contributed by atoms with E-state index in [2.05, 4.69) is 5.32 Å². The predicted octanol–water partition coefficient (Wildman–Crippen LogP) is 4.36. The van der Waals surface area contributed by atoms with Crippen LogP contribution >= 0.6 is 12.2 Å². The lowest BCUT2D eigenvalue weighted by Gasteiger charge is -2.24. The van der Waals surface area contributed by atoms with Crippen molar-refractivity contribution >= 4 is 40.5 Å². The molecule has 31 heavy (non-hydrogen) atoms. The van der Waals surface area contributed by atoms with Gasteiger partial charge in [-0.25, -0.2) is 4.39 Å². The van der Waals surface area contributed by atoms with Crippen LogP contribution in [0.25, 0.3) is 0 Å². The van der Waals surface area contributed by atoms with Gasteiger partial charge in [0.15, 0.2) is 5.11 Å². The van der Waals surface area contributed by atoms with Gasteiger partial charge in [0.25, 0.3) is 5.91 Å². The normalized spacial score (nSPS) is 16.0. The molecule has 7 heteroatoms. The van der Waals surface area contributed by atoms with E-state index in [4.69, 9.17) is 12.2 Å². The van der Waals surface area contributed by atoms with E-state index in [-0.39, 0.29) is 24.1 Å². The predicted molar refractivity (Wildman–Crippen MR) is 122 cm³/mol. The fourth-order valence-electron chi connectivity index (χ4n) is 3.53. The van der Waals surface area contributed by atoms with Gasteiger partial charge in [-0.15, -0.1) is 0 Å². The molecule has 0 bridgehead atoms. The van der Waals surface area contributed by atoms with Gasteiger partial charge in [-0.2, -0.15) is 0 Å². The second-order valence-corrected chi connectivity index (χ2v) is 7.55. The number of nitrogens with zero attached hydrogens (tertiary/aromatic N) is 2. The SMILES string of the molecule is O=C(CC1C(=O)N(c2ccccc2)C(=S)N1Cc1ccccc1)Nc1ccc(F)cc1. The van der Waals surface area contributed by atoms with Gasteiger partial charge in [-0.3, -0.25) is 14.5 Å². The number of halogens is 1. The minimum Gasteiger partial charge on any atom is -0.332 e. The highest BCUT2D eigenvalue weighted by Gasteiger charge is 2.44. The molecule has 156 valence electrons. The highest BCUT2D eigenvalue weighted by molar-refractivity contribution is 7.80. The van der Waals surface area contributed by atoms with E-state index in [1.807, 2.05) is 60.7 Å². The Hall–Kier alpha value is -3.58. The van der Waals surface area contributed by atoms with Crippen molar-refractivity contribution in [1.82, 2.24) is 4.90 Å². The lowest BCUT2D eigenvalue weighted by molar-refractivity contribution is -0.124. The number of benzene rings is 3. The van der Waals surface area contributed by atoms with Crippen LogP contribution in [-0.4, -0.2) is 27.9 Å². The van der Waals surface area contributed by atoms with E-state index in [0.717, 1.165) is 5.56 Å². The highest BCUT2D eigenvalue weighted by atomic mass is 32.1. The lowest BCUT2D eigenvalue weighted by Crippen LogP contribution is -2.37. The lowest BCUT2D eigenvalue weighted by atomic mass is 10.1. The Bertz CT molecular complexity index is 1090. The van der Waals surface area contributed by atoms with Crippen molar-refractivity contribution in [2.24, 2.45) is 0 Å². The zero-order valence-corrected chi connectivity index (χ0v) is 17.4. The molecule has 0 radical (unpaired) electrons. The summed E-state index contributed by atoms with van der Waals surface area (Å²) in [5.74, 6) is -0.982. The third-order valence-corrected chi connectivity index (χ3v) is 5.45. The second kappa shape index (κ2) is 9.06. The molecule has 0 aromatic heterocycles. The fourth-order valence-corrected chi connectivity index (χ4v) is 3.92. The molecule has 0 spiro atoms. The minimum absolute atomic E-state index is 0.0769. The maximum absolute atomic E-state index is 13.3. The number of anilines is 2. The molecule has 1 fully saturated rings. The molecule has 1 unspecified atom stereocenters. The molecule has 3 aromatic rings. The molecular formula is C24H20FN3O2S. The van der Waals surface area contributed by atoms with Crippen LogP contribution in [0, 0.1) is 5.82 Å². The Kier molecular flexibility index (Phi) is 6.04. The zero-order chi connectivity index (χ0) is 21.8. The first-order valence-electron chi connectivity index (χ1n) is 9.82. The van der Waals surface area contributed by atoms with Gasteiger partial charge in [0.05, 0.1) is 12.1 Å². The van der Waals surface area contributed by atoms with Crippen molar-refractivity contribution in [1.29, 1.82) is 0 Å². The Morgan fingerprint density at radius 2 is 1.55 bits per heavy atom. The van der Waals surface area contributed by atoms with Crippen LogP contribution < -0.4 is 10.2 Å². The van der Waals surface area contributed by atoms with Gasteiger partial charge in [0, 0.05) is 12.2 Å². The number of para-hydroxylation sites is 1. The molecule has 1 atom stereocenters. The molecule has 1 aliphatic heterocycles. The Balaban J connectivity index is 1.58. The molecule has 1 saturated heterocycles. The van der Waals surface area contributed by atoms with Crippen LogP contribution in [0.1, 0.15) is 12.0 Å². The second-order valence-electron chi connectivity index (χ2n) is 7.18. The molecule has 1 N–H and O–H groups in total. The number of hydrogen-bond acceptors (Lipinski definition) is 3. The first kappa shape index (κ1) is 20.7. The van der Waals surface area contributed by atoms with Crippen LogP contribution in [0.2, 0.25) is 0 Å². The summed E-state index contributed by atoms with van der Waals surface area (Å²) in [5, 5.41) is 3.08. The standard InChI is InChI=1S/C24H20FN3O2S/c25-18-11-13-19(14-12-18)26-22(29)15-21-23(30)28(20-9-5-2-6-10-20)24(31)27(21)16-17-7-3-1-4-8-17/h1-14,21H,15-16H2,(H,26,29). The monoisotopic (exact) mass is 433 g/mol. The fraction of sp³-hybridized carbons (Fsp3) is 0.125. The Labute approximate surface area is 185 Å². The average Bonchev–Trinajstić information content (AvgIpc) is 3.00. The van der Waals surface area contributed by atoms with E-state index in [9.17, 15) is 14.0 Å². The number of nitrogens with one attached hydrogen (secondary N) is 1. The summed E-state index contributed by atoms with van der Waals surface area (Å²) in [6.45, 7) is 0.406. The summed E-state index contributed by atoms with van der Waals surface area (Å²) in [6.07, 6.45) is -0.0769. The van der Waals surface area contributed by atoms with Crippen LogP contribution in [0.15, 0.2) is 84.9 Å². The Morgan fingerprint density at radius 3 is 2.19 bits per heavy atom. The number of carbonyl (C=O) groups is 2. The third-order valence-electron chi connectivity index (χ3n) is 5.04. The molecule has 1 aliphatic rings. The summed E-state index contributed by atoms with van der Waals surface area (Å²) >= 11 is 5.65. The maximum atomic E-state index is 13.3. The van der Waals surface area contributed by atoms with Crippen molar-refractivity contribution in [3.05, 3.63) is 96.3 Å². The van der Waals surface area contributed by atoms with Gasteiger partial charge < -0.3 is 10.2 Å². The van der Waals surface area contributed by atoms with Crippen LogP contribution in [-0.2, 0) is 16.1 Å². The summed E-state index contributed by atoms with van der Waals surface area (Å²) in [5.41, 5.74) is 2.11. The highest BCUT2D eigenvalue weighted by Crippen LogP contribution is 2.28. The summed E-state index contributed by atoms with van der Waals surface area (Å²) < 4.78 is 13.1. The van der Waals surface area contributed by atoms with E-state index in [0.29, 0.717) is 23.0 Å². The molecule has 4 rings (SSSR count). The largest absolute Gasteiger partial charge is 0.332 e. The van der Waals surface area contributed by atoms with Crippen molar-refractivity contribution in [3.63, 3.8) is 0 Å². The van der Waals surface area contributed by atoms with Crippen molar-refractivity contribution < 1.29 is 14.0 Å². The summed E-state index contributed by atoms with van der Waals surface area (Å²) in [6, 6.07) is 23.6. The molecule has 3 aromatic carbocycles. The first-order chi connectivity index (χ1) is 15.0. The van der Waals surface area contributed by atoms with Gasteiger partial charge in [-0.05, 0) is 54.2 Å². The number of amides is 2. The molecule has 0 aliphatic carbocycles. The van der Waals surface area contributed by atoms with E-state index >= 15 is 0 Å². The van der Waals surface area contributed by atoms with Crippen molar-refractivity contribution in [2.45, 2.75) is 19.0 Å². The van der Waals surface area contributed by atoms with Crippen LogP contribution in [0.5, 0.6) is 0 Å². The van der Waals surface area contributed by atoms with Crippen molar-refractivity contribution in [2.75, 3.05) is 10.2 Å². The Morgan fingerprint density at radius 1 is 0.935 bits per heavy atom. The smallest absolute Gasteiger partial charge is 0.256 e. The van der Waals surface area contributed by atoms with Crippen molar-refractivity contribution in [3.8, 4) is 0 Å². The average molecular weight is 434 g/mol. The number of carbonyl (C=O) groups excluding carboxylic acids is 2. The molecule has 5 nitrogen and oxygen atoms in total. The number of rotatable bonds is 6. The van der Waals surface area contributed by atoms with Gasteiger partial charge in [0.1, 0.15) is 11.9 Å². The van der Waals surface area contributed by atoms with Gasteiger partial charge in [0.2, 0.25) is 5.91 Å². The number of hydrogen-bond donors (Lipinski definition) is 1. The van der Waals surface area contributed by atoms with E-state index in [1.165, 1.54) is 29.2 Å². The molecular weight excluding hydrogens is 413 g/mol. The minimum atomic E-state index is -0.742. The zero-order valence-electron chi connectivity index (χ0n) is 16.6. The number of thiocarbonyl (C=S) groups is 1. The summed E-state index contributed by atoms with van der Waals surface area (Å²) in [7, 11) is 0. The van der Waals surface area contributed by atoms with Crippen LogP contribution in [0.4, 0.5) is 15.8 Å². The molecule has 2 amide bonds. The van der Waals surface area contributed by atoms with Crippen LogP contribution in [0.3, 0.4) is 0 Å². The summed E-state index contributed by atoms with van der Waals surface area (Å²) in [4.78, 5) is 29.3. The van der Waals surface area contributed by atoms with E-state index in [1.54, 1.807) is 4.90 Å². The van der Waals surface area contributed by atoms with Gasteiger partial charge in [-0.1, -0.05) is 48.5 Å². The first-order valence-corrected chi connectivity index (χ1v) is 10.2. The molecule has 1 heterocycles. The third kappa shape index (κ3) is 4.62.